The number of hydrogen-bond acceptors (Lipinski definition) is 6. The van der Waals surface area contributed by atoms with Crippen molar-refractivity contribution in [3.63, 3.8) is 0 Å². The zero-order valence-corrected chi connectivity index (χ0v) is 12.6. The second kappa shape index (κ2) is 8.04. The van der Waals surface area contributed by atoms with Crippen LogP contribution in [-0.2, 0) is 4.79 Å². The molecule has 1 unspecified atom stereocenters. The minimum Gasteiger partial charge on any atom is -0.493 e. The predicted molar refractivity (Wildman–Crippen MR) is 75.4 cm³/mol. The molecule has 0 bridgehead atoms. The Morgan fingerprint density at radius 2 is 2.00 bits per heavy atom. The van der Waals surface area contributed by atoms with E-state index in [1.54, 1.807) is 0 Å². The molecule has 0 aliphatic carbocycles. The Balaban J connectivity index is 3.18. The van der Waals surface area contributed by atoms with Crippen LogP contribution in [0.4, 0.5) is 14.5 Å². The van der Waals surface area contributed by atoms with E-state index in [4.69, 9.17) is 9.84 Å². The van der Waals surface area contributed by atoms with Gasteiger partial charge in [-0.2, -0.15) is 8.78 Å². The number of carbonyl (C=O) groups excluding carboxylic acids is 1. The second-order valence-corrected chi connectivity index (χ2v) is 4.61. The molecule has 9 nitrogen and oxygen atoms in total. The lowest BCUT2D eigenvalue weighted by Gasteiger charge is -2.13. The van der Waals surface area contributed by atoms with Gasteiger partial charge in [0.15, 0.2) is 11.5 Å². The number of carboxylic acids is 1. The molecule has 0 radical (unpaired) electrons. The maximum atomic E-state index is 12.3. The third-order valence-corrected chi connectivity index (χ3v) is 2.93. The molecule has 1 aromatic carbocycles. The van der Waals surface area contributed by atoms with E-state index >= 15 is 0 Å². The number of nitro groups is 1. The second-order valence-electron chi connectivity index (χ2n) is 4.61. The Hall–Kier alpha value is -2.98. The number of ether oxygens (including phenoxy) is 2. The summed E-state index contributed by atoms with van der Waals surface area (Å²) in [6, 6.07) is 1.51. The molecule has 0 saturated heterocycles. The molecule has 0 spiro atoms. The highest BCUT2D eigenvalue weighted by molar-refractivity contribution is 5.99. The Labute approximate surface area is 134 Å². The molecule has 132 valence electrons. The van der Waals surface area contributed by atoms with Gasteiger partial charge in [0.05, 0.1) is 24.0 Å². The highest BCUT2D eigenvalue weighted by atomic mass is 19.3. The summed E-state index contributed by atoms with van der Waals surface area (Å²) >= 11 is 0. The molecular weight excluding hydrogens is 334 g/mol. The number of halogens is 2. The van der Waals surface area contributed by atoms with Gasteiger partial charge in [0.25, 0.3) is 11.6 Å². The number of aliphatic carboxylic acids is 1. The van der Waals surface area contributed by atoms with E-state index in [0.717, 1.165) is 13.2 Å². The largest absolute Gasteiger partial charge is 0.493 e. The standard InChI is InChI=1S/C13H14F2N2O7/c1-6(12(19)20)5-16-11(18)7-3-9(23-2)10(24-13(14)15)4-8(7)17(21)22/h3-4,6,13H,5H2,1-2H3,(H,16,18)(H,19,20). The molecule has 0 saturated carbocycles. The predicted octanol–water partition coefficient (Wildman–Crippen LogP) is 1.66. The van der Waals surface area contributed by atoms with Crippen LogP contribution >= 0.6 is 0 Å². The monoisotopic (exact) mass is 348 g/mol. The average Bonchev–Trinajstić information content (AvgIpc) is 2.50. The summed E-state index contributed by atoms with van der Waals surface area (Å²) in [5.74, 6) is -3.94. The van der Waals surface area contributed by atoms with E-state index < -0.39 is 46.3 Å². The first-order chi connectivity index (χ1) is 11.2. The van der Waals surface area contributed by atoms with Gasteiger partial charge in [-0.25, -0.2) is 0 Å². The van der Waals surface area contributed by atoms with Crippen molar-refractivity contribution in [2.45, 2.75) is 13.5 Å². The molecule has 0 aliphatic rings. The lowest BCUT2D eigenvalue weighted by molar-refractivity contribution is -0.385. The van der Waals surface area contributed by atoms with Crippen LogP contribution in [0.2, 0.25) is 0 Å². The molecule has 0 heterocycles. The van der Waals surface area contributed by atoms with Crippen LogP contribution in [-0.4, -0.2) is 42.2 Å². The van der Waals surface area contributed by atoms with Gasteiger partial charge in [-0.05, 0) is 0 Å². The van der Waals surface area contributed by atoms with Crippen LogP contribution in [0.1, 0.15) is 17.3 Å². The Kier molecular flexibility index (Phi) is 6.38. The Bertz CT molecular complexity index is 651. The third-order valence-electron chi connectivity index (χ3n) is 2.93. The number of rotatable bonds is 8. The molecule has 2 N–H and O–H groups in total. The van der Waals surface area contributed by atoms with E-state index in [1.807, 2.05) is 0 Å². The van der Waals surface area contributed by atoms with Crippen molar-refractivity contribution < 1.29 is 37.9 Å². The van der Waals surface area contributed by atoms with Crippen molar-refractivity contribution in [1.29, 1.82) is 0 Å². The van der Waals surface area contributed by atoms with Crippen molar-refractivity contribution in [1.82, 2.24) is 5.32 Å². The topological polar surface area (TPSA) is 128 Å². The summed E-state index contributed by atoms with van der Waals surface area (Å²) in [6.45, 7) is -2.19. The smallest absolute Gasteiger partial charge is 0.387 e. The van der Waals surface area contributed by atoms with Crippen molar-refractivity contribution in [2.75, 3.05) is 13.7 Å². The van der Waals surface area contributed by atoms with Crippen molar-refractivity contribution >= 4 is 17.6 Å². The molecule has 0 aromatic heterocycles. The normalized spacial score (nSPS) is 11.7. The summed E-state index contributed by atoms with van der Waals surface area (Å²) in [6.07, 6.45) is 0. The van der Waals surface area contributed by atoms with Gasteiger partial charge in [0.2, 0.25) is 0 Å². The number of carboxylic acid groups (broad SMARTS) is 1. The minimum absolute atomic E-state index is 0.275. The Morgan fingerprint density at radius 1 is 1.38 bits per heavy atom. The van der Waals surface area contributed by atoms with Gasteiger partial charge >= 0.3 is 12.6 Å². The number of nitro benzene ring substituents is 1. The van der Waals surface area contributed by atoms with Crippen molar-refractivity contribution in [3.8, 4) is 11.5 Å². The van der Waals surface area contributed by atoms with Gasteiger partial charge in [-0.15, -0.1) is 0 Å². The van der Waals surface area contributed by atoms with Gasteiger partial charge in [0.1, 0.15) is 5.56 Å². The summed E-state index contributed by atoms with van der Waals surface area (Å²) < 4.78 is 33.6. The van der Waals surface area contributed by atoms with E-state index in [1.165, 1.54) is 6.92 Å². The van der Waals surface area contributed by atoms with Gasteiger partial charge < -0.3 is 19.9 Å². The van der Waals surface area contributed by atoms with Crippen LogP contribution in [0.15, 0.2) is 12.1 Å². The molecule has 0 fully saturated rings. The minimum atomic E-state index is -3.24. The zero-order valence-electron chi connectivity index (χ0n) is 12.6. The molecule has 1 rings (SSSR count). The van der Waals surface area contributed by atoms with Crippen LogP contribution in [0, 0.1) is 16.0 Å². The molecule has 0 aliphatic heterocycles. The Morgan fingerprint density at radius 3 is 2.46 bits per heavy atom. The maximum absolute atomic E-state index is 12.3. The van der Waals surface area contributed by atoms with E-state index in [0.29, 0.717) is 6.07 Å². The van der Waals surface area contributed by atoms with E-state index in [2.05, 4.69) is 10.1 Å². The quantitative estimate of drug-likeness (QED) is 0.540. The number of alkyl halides is 2. The lowest BCUT2D eigenvalue weighted by atomic mass is 10.1. The molecule has 1 amide bonds. The van der Waals surface area contributed by atoms with E-state index in [9.17, 15) is 28.5 Å². The molecule has 24 heavy (non-hydrogen) atoms. The summed E-state index contributed by atoms with van der Waals surface area (Å²) in [7, 11) is 1.10. The zero-order chi connectivity index (χ0) is 18.4. The lowest BCUT2D eigenvalue weighted by Crippen LogP contribution is -2.31. The van der Waals surface area contributed by atoms with Crippen LogP contribution in [0.25, 0.3) is 0 Å². The fraction of sp³-hybridized carbons (Fsp3) is 0.385. The van der Waals surface area contributed by atoms with Crippen LogP contribution < -0.4 is 14.8 Å². The van der Waals surface area contributed by atoms with Crippen LogP contribution in [0.3, 0.4) is 0 Å². The molecule has 1 aromatic rings. The molecule has 1 atom stereocenters. The van der Waals surface area contributed by atoms with Gasteiger partial charge in [0, 0.05) is 12.6 Å². The number of carbonyl (C=O) groups is 2. The summed E-state index contributed by atoms with van der Waals surface area (Å²) in [4.78, 5) is 32.9. The number of amides is 1. The van der Waals surface area contributed by atoms with Gasteiger partial charge in [-0.1, -0.05) is 6.92 Å². The van der Waals surface area contributed by atoms with Gasteiger partial charge in [-0.3, -0.25) is 19.7 Å². The average molecular weight is 348 g/mol. The first-order valence-corrected chi connectivity index (χ1v) is 6.49. The SMILES string of the molecule is COc1cc(C(=O)NCC(C)C(=O)O)c([N+](=O)[O-])cc1OC(F)F. The summed E-state index contributed by atoms with van der Waals surface area (Å²) in [5, 5.41) is 22.0. The fourth-order valence-electron chi connectivity index (χ4n) is 1.66. The number of nitrogens with one attached hydrogen (secondary N) is 1. The number of methoxy groups -OCH3 is 1. The first-order valence-electron chi connectivity index (χ1n) is 6.49. The maximum Gasteiger partial charge on any atom is 0.387 e. The van der Waals surface area contributed by atoms with Crippen molar-refractivity contribution in [2.24, 2.45) is 5.92 Å². The first kappa shape index (κ1) is 19.1. The third kappa shape index (κ3) is 4.76. The molecule has 11 heteroatoms. The van der Waals surface area contributed by atoms with Crippen molar-refractivity contribution in [3.05, 3.63) is 27.8 Å². The van der Waals surface area contributed by atoms with Crippen LogP contribution in [0.5, 0.6) is 11.5 Å². The highest BCUT2D eigenvalue weighted by Crippen LogP contribution is 2.35. The fourth-order valence-corrected chi connectivity index (χ4v) is 1.66. The summed E-state index contributed by atoms with van der Waals surface area (Å²) in [5.41, 5.74) is -1.26. The number of nitrogens with zero attached hydrogens (tertiary/aromatic N) is 1. The number of hydrogen-bond donors (Lipinski definition) is 2. The van der Waals surface area contributed by atoms with E-state index in [-0.39, 0.29) is 12.3 Å². The highest BCUT2D eigenvalue weighted by Gasteiger charge is 2.26. The molecular formula is C13H14F2N2O7. The number of benzene rings is 1.